The van der Waals surface area contributed by atoms with Crippen LogP contribution in [-0.4, -0.2) is 0 Å². The van der Waals surface area contributed by atoms with E-state index in [1.807, 2.05) is 18.2 Å². The van der Waals surface area contributed by atoms with Crippen molar-refractivity contribution in [2.45, 2.75) is 32.8 Å². The lowest BCUT2D eigenvalue weighted by atomic mass is 9.95. The number of fused-ring (bicyclic) bond motifs is 1. The Kier molecular flexibility index (Phi) is 5.35. The van der Waals surface area contributed by atoms with Gasteiger partial charge in [-0.05, 0) is 40.3 Å². The highest BCUT2D eigenvalue weighted by Gasteiger charge is 2.27. The first kappa shape index (κ1) is 19.1. The maximum atomic E-state index is 13.7. The van der Waals surface area contributed by atoms with Gasteiger partial charge in [-0.2, -0.15) is 8.78 Å². The van der Waals surface area contributed by atoms with Gasteiger partial charge in [-0.15, -0.1) is 0 Å². The topological polar surface area (TPSA) is 9.23 Å². The maximum absolute atomic E-state index is 13.7. The molecule has 0 aliphatic carbocycles. The fourth-order valence-electron chi connectivity index (χ4n) is 2.81. The summed E-state index contributed by atoms with van der Waals surface area (Å²) in [5.41, 5.74) is 1.75. The molecular formula is C21H17F5O. The second-order valence-electron chi connectivity index (χ2n) is 6.44. The molecule has 6 heteroatoms. The van der Waals surface area contributed by atoms with Crippen LogP contribution in [0.1, 0.15) is 37.3 Å². The normalized spacial score (nSPS) is 12.4. The molecule has 3 aromatic carbocycles. The Bertz CT molecular complexity index is 971. The van der Waals surface area contributed by atoms with E-state index < -0.39 is 34.8 Å². The molecular weight excluding hydrogens is 363 g/mol. The standard InChI is InChI=1S/C21H17F5O/c1-3-11(2)13-6-7-14-8-12(4-5-15(14)9-13)10-27-21-19(25)17(23)16(22)18(24)20(21)26/h4-9,11H,3,10H2,1-2H3. The van der Waals surface area contributed by atoms with Crippen molar-refractivity contribution in [2.24, 2.45) is 0 Å². The van der Waals surface area contributed by atoms with E-state index in [0.29, 0.717) is 11.5 Å². The lowest BCUT2D eigenvalue weighted by Gasteiger charge is -2.12. The van der Waals surface area contributed by atoms with Gasteiger partial charge in [0, 0.05) is 0 Å². The van der Waals surface area contributed by atoms with Gasteiger partial charge in [0.1, 0.15) is 6.61 Å². The van der Waals surface area contributed by atoms with Gasteiger partial charge in [0.15, 0.2) is 5.75 Å². The number of rotatable bonds is 5. The van der Waals surface area contributed by atoms with Gasteiger partial charge in [0.2, 0.25) is 29.1 Å². The Morgan fingerprint density at radius 1 is 0.778 bits per heavy atom. The van der Waals surface area contributed by atoms with Crippen LogP contribution in [0.3, 0.4) is 0 Å². The molecule has 1 nitrogen and oxygen atoms in total. The van der Waals surface area contributed by atoms with Gasteiger partial charge in [0.05, 0.1) is 0 Å². The molecule has 0 spiro atoms. The van der Waals surface area contributed by atoms with Crippen molar-refractivity contribution in [3.05, 3.63) is 76.6 Å². The first-order valence-corrected chi connectivity index (χ1v) is 8.50. The summed E-state index contributed by atoms with van der Waals surface area (Å²) in [4.78, 5) is 0. The molecule has 0 aliphatic rings. The zero-order chi connectivity index (χ0) is 19.7. The lowest BCUT2D eigenvalue weighted by molar-refractivity contribution is 0.253. The predicted octanol–water partition coefficient (Wildman–Crippen LogP) is 6.63. The molecule has 0 aromatic heterocycles. The van der Waals surface area contributed by atoms with Crippen molar-refractivity contribution in [2.75, 3.05) is 0 Å². The Balaban J connectivity index is 1.86. The van der Waals surface area contributed by atoms with Crippen LogP contribution in [0.25, 0.3) is 10.8 Å². The van der Waals surface area contributed by atoms with Crippen molar-refractivity contribution in [1.29, 1.82) is 0 Å². The number of halogens is 5. The molecule has 0 fully saturated rings. The minimum Gasteiger partial charge on any atom is -0.483 e. The molecule has 0 heterocycles. The van der Waals surface area contributed by atoms with E-state index in [0.717, 1.165) is 17.2 Å². The Labute approximate surface area is 153 Å². The third-order valence-electron chi connectivity index (χ3n) is 4.66. The summed E-state index contributed by atoms with van der Waals surface area (Å²) < 4.78 is 71.8. The summed E-state index contributed by atoms with van der Waals surface area (Å²) in [6.07, 6.45) is 1.01. The quantitative estimate of drug-likeness (QED) is 0.274. The van der Waals surface area contributed by atoms with Gasteiger partial charge < -0.3 is 4.74 Å². The van der Waals surface area contributed by atoms with E-state index in [1.54, 1.807) is 12.1 Å². The molecule has 0 bridgehead atoms. The highest BCUT2D eigenvalue weighted by atomic mass is 19.2. The van der Waals surface area contributed by atoms with Gasteiger partial charge in [-0.1, -0.05) is 44.2 Å². The number of hydrogen-bond acceptors (Lipinski definition) is 1. The zero-order valence-electron chi connectivity index (χ0n) is 14.8. The summed E-state index contributed by atoms with van der Waals surface area (Å²) >= 11 is 0. The van der Waals surface area contributed by atoms with Gasteiger partial charge in [-0.3, -0.25) is 0 Å². The van der Waals surface area contributed by atoms with E-state index in [1.165, 1.54) is 5.56 Å². The first-order chi connectivity index (χ1) is 12.8. The van der Waals surface area contributed by atoms with Gasteiger partial charge in [-0.25, -0.2) is 13.2 Å². The first-order valence-electron chi connectivity index (χ1n) is 8.50. The third kappa shape index (κ3) is 3.61. The fourth-order valence-corrected chi connectivity index (χ4v) is 2.81. The molecule has 1 atom stereocenters. The third-order valence-corrected chi connectivity index (χ3v) is 4.66. The van der Waals surface area contributed by atoms with Gasteiger partial charge >= 0.3 is 0 Å². The average Bonchev–Trinajstić information content (AvgIpc) is 2.69. The van der Waals surface area contributed by atoms with Crippen LogP contribution in [-0.2, 0) is 6.61 Å². The van der Waals surface area contributed by atoms with E-state index in [9.17, 15) is 22.0 Å². The highest BCUT2D eigenvalue weighted by molar-refractivity contribution is 5.84. The maximum Gasteiger partial charge on any atom is 0.207 e. The molecule has 3 aromatic rings. The molecule has 0 N–H and O–H groups in total. The van der Waals surface area contributed by atoms with Crippen molar-refractivity contribution in [3.63, 3.8) is 0 Å². The van der Waals surface area contributed by atoms with Crippen LogP contribution in [0.4, 0.5) is 22.0 Å². The molecule has 27 heavy (non-hydrogen) atoms. The van der Waals surface area contributed by atoms with Crippen LogP contribution in [0.15, 0.2) is 36.4 Å². The van der Waals surface area contributed by atoms with E-state index >= 15 is 0 Å². The molecule has 0 saturated heterocycles. The van der Waals surface area contributed by atoms with Crippen LogP contribution >= 0.6 is 0 Å². The van der Waals surface area contributed by atoms with Crippen LogP contribution in [0.5, 0.6) is 5.75 Å². The SMILES string of the molecule is CCC(C)c1ccc2cc(COc3c(F)c(F)c(F)c(F)c3F)ccc2c1. The summed E-state index contributed by atoms with van der Waals surface area (Å²) in [7, 11) is 0. The predicted molar refractivity (Wildman–Crippen MR) is 93.2 cm³/mol. The number of ether oxygens (including phenoxy) is 1. The van der Waals surface area contributed by atoms with E-state index in [2.05, 4.69) is 19.9 Å². The molecule has 0 amide bonds. The molecule has 0 saturated carbocycles. The number of benzene rings is 3. The van der Waals surface area contributed by atoms with Crippen LogP contribution in [0, 0.1) is 29.1 Å². The monoisotopic (exact) mass is 380 g/mol. The van der Waals surface area contributed by atoms with Crippen molar-refractivity contribution >= 4 is 10.8 Å². The van der Waals surface area contributed by atoms with Crippen LogP contribution < -0.4 is 4.74 Å². The van der Waals surface area contributed by atoms with Crippen LogP contribution in [0.2, 0.25) is 0 Å². The molecule has 3 rings (SSSR count). The molecule has 1 unspecified atom stereocenters. The molecule has 0 aliphatic heterocycles. The minimum absolute atomic E-state index is 0.332. The fraction of sp³-hybridized carbons (Fsp3) is 0.238. The van der Waals surface area contributed by atoms with Gasteiger partial charge in [0.25, 0.3) is 0 Å². The Morgan fingerprint density at radius 3 is 1.96 bits per heavy atom. The Morgan fingerprint density at radius 2 is 1.33 bits per heavy atom. The highest BCUT2D eigenvalue weighted by Crippen LogP contribution is 2.30. The average molecular weight is 380 g/mol. The lowest BCUT2D eigenvalue weighted by Crippen LogP contribution is -2.07. The largest absolute Gasteiger partial charge is 0.483 e. The van der Waals surface area contributed by atoms with E-state index in [-0.39, 0.29) is 6.61 Å². The van der Waals surface area contributed by atoms with Crippen molar-refractivity contribution in [3.8, 4) is 5.75 Å². The molecule has 0 radical (unpaired) electrons. The summed E-state index contributed by atoms with van der Waals surface area (Å²) in [6.45, 7) is 3.91. The summed E-state index contributed by atoms with van der Waals surface area (Å²) in [5.74, 6) is -11.1. The zero-order valence-corrected chi connectivity index (χ0v) is 14.8. The second-order valence-corrected chi connectivity index (χ2v) is 6.44. The second kappa shape index (κ2) is 7.55. The summed E-state index contributed by atoms with van der Waals surface area (Å²) in [6, 6.07) is 11.3. The summed E-state index contributed by atoms with van der Waals surface area (Å²) in [5, 5.41) is 1.88. The number of hydrogen-bond donors (Lipinski definition) is 0. The van der Waals surface area contributed by atoms with E-state index in [4.69, 9.17) is 4.74 Å². The molecule has 142 valence electrons. The van der Waals surface area contributed by atoms with Crippen molar-refractivity contribution < 1.29 is 26.7 Å². The smallest absolute Gasteiger partial charge is 0.207 e. The minimum atomic E-state index is -2.21. The Hall–Kier alpha value is -2.63. The van der Waals surface area contributed by atoms with Crippen molar-refractivity contribution in [1.82, 2.24) is 0 Å².